The third-order valence-corrected chi connectivity index (χ3v) is 4.27. The van der Waals surface area contributed by atoms with Gasteiger partial charge in [0.15, 0.2) is 11.5 Å². The number of hydrogen-bond donors (Lipinski definition) is 0. The Morgan fingerprint density at radius 1 is 1.43 bits per heavy atom. The molecule has 0 fully saturated rings. The van der Waals surface area contributed by atoms with Crippen LogP contribution in [-0.2, 0) is 11.9 Å². The Hall–Kier alpha value is -1.67. The lowest BCUT2D eigenvalue weighted by atomic mass is 10.2. The monoisotopic (exact) mass is 372 g/mol. The molecule has 0 saturated heterocycles. The van der Waals surface area contributed by atoms with Gasteiger partial charge in [0, 0.05) is 22.0 Å². The summed E-state index contributed by atoms with van der Waals surface area (Å²) in [7, 11) is 1.50. The first-order valence-corrected chi connectivity index (χ1v) is 8.00. The van der Waals surface area contributed by atoms with Crippen molar-refractivity contribution in [1.29, 1.82) is 0 Å². The molecule has 1 aromatic carbocycles. The number of methoxy groups -OCH3 is 1. The molecule has 2 aromatic rings. The zero-order valence-electron chi connectivity index (χ0n) is 11.5. The summed E-state index contributed by atoms with van der Waals surface area (Å²) in [5.74, 6) is 0.796. The maximum absolute atomic E-state index is 11.1. The number of alkyl halides is 1. The molecule has 0 radical (unpaired) electrons. The van der Waals surface area contributed by atoms with E-state index in [1.165, 1.54) is 24.5 Å². The molecule has 6 nitrogen and oxygen atoms in total. The third-order valence-electron chi connectivity index (χ3n) is 2.72. The Kier molecular flexibility index (Phi) is 5.13. The normalized spacial score (nSPS) is 10.4. The van der Waals surface area contributed by atoms with Crippen LogP contribution in [-0.4, -0.2) is 17.0 Å². The average molecular weight is 373 g/mol. The van der Waals surface area contributed by atoms with E-state index in [0.717, 1.165) is 10.7 Å². The first-order valence-electron chi connectivity index (χ1n) is 6.00. The molecular formula is C13H13BrN2O4S. The van der Waals surface area contributed by atoms with Gasteiger partial charge in [0.05, 0.1) is 18.1 Å². The maximum Gasteiger partial charge on any atom is 0.277 e. The van der Waals surface area contributed by atoms with E-state index in [1.807, 2.05) is 12.3 Å². The first-order chi connectivity index (χ1) is 10.0. The van der Waals surface area contributed by atoms with Crippen molar-refractivity contribution in [1.82, 2.24) is 4.98 Å². The summed E-state index contributed by atoms with van der Waals surface area (Å²) >= 11 is 4.72. The van der Waals surface area contributed by atoms with Crippen molar-refractivity contribution in [2.24, 2.45) is 0 Å². The van der Waals surface area contributed by atoms with Gasteiger partial charge >= 0.3 is 0 Å². The summed E-state index contributed by atoms with van der Waals surface area (Å²) in [5.41, 5.74) is 1.46. The number of nitro benzene ring substituents is 1. The Balaban J connectivity index is 2.28. The average Bonchev–Trinajstić information content (AvgIpc) is 2.89. The number of thiazole rings is 1. The largest absolute Gasteiger partial charge is 0.493 e. The standard InChI is InChI=1S/C13H13BrN2O4S/c1-8-7-21-13(15-8)6-20-12-4-10(16(17)18)9(5-14)3-11(12)19-2/h3-4,7H,5-6H2,1-2H3. The van der Waals surface area contributed by atoms with E-state index in [1.54, 1.807) is 6.07 Å². The number of halogens is 1. The van der Waals surface area contributed by atoms with E-state index in [9.17, 15) is 10.1 Å². The van der Waals surface area contributed by atoms with Crippen LogP contribution in [0.15, 0.2) is 17.5 Å². The van der Waals surface area contributed by atoms with Gasteiger partial charge < -0.3 is 9.47 Å². The van der Waals surface area contributed by atoms with E-state index in [2.05, 4.69) is 20.9 Å². The Bertz CT molecular complexity index is 660. The van der Waals surface area contributed by atoms with Gasteiger partial charge in [0.25, 0.3) is 5.69 Å². The molecule has 0 bridgehead atoms. The summed E-state index contributed by atoms with van der Waals surface area (Å²) in [6, 6.07) is 2.99. The van der Waals surface area contributed by atoms with E-state index < -0.39 is 4.92 Å². The van der Waals surface area contributed by atoms with Crippen molar-refractivity contribution in [3.63, 3.8) is 0 Å². The molecule has 8 heteroatoms. The van der Waals surface area contributed by atoms with Gasteiger partial charge in [-0.05, 0) is 13.0 Å². The maximum atomic E-state index is 11.1. The highest BCUT2D eigenvalue weighted by Gasteiger charge is 2.19. The smallest absolute Gasteiger partial charge is 0.277 e. The van der Waals surface area contributed by atoms with Gasteiger partial charge in [-0.25, -0.2) is 4.98 Å². The molecule has 0 N–H and O–H groups in total. The van der Waals surface area contributed by atoms with Crippen LogP contribution < -0.4 is 9.47 Å². The van der Waals surface area contributed by atoms with Crippen LogP contribution in [0.2, 0.25) is 0 Å². The van der Waals surface area contributed by atoms with Crippen LogP contribution in [0.25, 0.3) is 0 Å². The lowest BCUT2D eigenvalue weighted by Crippen LogP contribution is -2.01. The fourth-order valence-electron chi connectivity index (χ4n) is 1.75. The molecule has 1 aromatic heterocycles. The Morgan fingerprint density at radius 2 is 2.19 bits per heavy atom. The number of hydrogen-bond acceptors (Lipinski definition) is 6. The van der Waals surface area contributed by atoms with Gasteiger partial charge in [-0.15, -0.1) is 11.3 Å². The van der Waals surface area contributed by atoms with Crippen molar-refractivity contribution >= 4 is 33.0 Å². The molecule has 0 aliphatic heterocycles. The second-order valence-electron chi connectivity index (χ2n) is 4.19. The van der Waals surface area contributed by atoms with Crippen LogP contribution in [0, 0.1) is 17.0 Å². The summed E-state index contributed by atoms with van der Waals surface area (Å²) in [6.07, 6.45) is 0. The molecular weight excluding hydrogens is 360 g/mol. The van der Waals surface area contributed by atoms with Crippen molar-refractivity contribution in [3.05, 3.63) is 43.9 Å². The van der Waals surface area contributed by atoms with Gasteiger partial charge in [0.2, 0.25) is 0 Å². The summed E-state index contributed by atoms with van der Waals surface area (Å²) < 4.78 is 10.9. The predicted octanol–water partition coefficient (Wildman–Crippen LogP) is 3.84. The Morgan fingerprint density at radius 3 is 2.71 bits per heavy atom. The molecule has 0 aliphatic rings. The number of benzene rings is 1. The predicted molar refractivity (Wildman–Crippen MR) is 83.5 cm³/mol. The molecule has 1 heterocycles. The highest BCUT2D eigenvalue weighted by atomic mass is 79.9. The van der Waals surface area contributed by atoms with E-state index in [-0.39, 0.29) is 12.3 Å². The summed E-state index contributed by atoms with van der Waals surface area (Å²) in [4.78, 5) is 14.9. The Labute approximate surface area is 134 Å². The molecule has 21 heavy (non-hydrogen) atoms. The lowest BCUT2D eigenvalue weighted by molar-refractivity contribution is -0.385. The highest BCUT2D eigenvalue weighted by molar-refractivity contribution is 9.08. The van der Waals surface area contributed by atoms with Crippen molar-refractivity contribution in [2.75, 3.05) is 7.11 Å². The van der Waals surface area contributed by atoms with Crippen LogP contribution in [0.4, 0.5) is 5.69 Å². The number of nitrogens with zero attached hydrogens (tertiary/aromatic N) is 2. The van der Waals surface area contributed by atoms with Crippen molar-refractivity contribution in [3.8, 4) is 11.5 Å². The van der Waals surface area contributed by atoms with Crippen molar-refractivity contribution < 1.29 is 14.4 Å². The molecule has 112 valence electrons. The fraction of sp³-hybridized carbons (Fsp3) is 0.308. The minimum Gasteiger partial charge on any atom is -0.493 e. The first kappa shape index (κ1) is 15.7. The summed E-state index contributed by atoms with van der Waals surface area (Å²) in [6.45, 7) is 2.15. The molecule has 2 rings (SSSR count). The zero-order valence-corrected chi connectivity index (χ0v) is 13.9. The van der Waals surface area contributed by atoms with E-state index >= 15 is 0 Å². The second-order valence-corrected chi connectivity index (χ2v) is 5.70. The van der Waals surface area contributed by atoms with Crippen molar-refractivity contribution in [2.45, 2.75) is 18.9 Å². The SMILES string of the molecule is COc1cc(CBr)c([N+](=O)[O-])cc1OCc1nc(C)cs1. The number of ether oxygens (including phenoxy) is 2. The highest BCUT2D eigenvalue weighted by Crippen LogP contribution is 2.36. The minimum atomic E-state index is -0.434. The molecule has 0 unspecified atom stereocenters. The number of aromatic nitrogens is 1. The molecule has 0 spiro atoms. The summed E-state index contributed by atoms with van der Waals surface area (Å²) in [5, 5.41) is 14.2. The van der Waals surface area contributed by atoms with Gasteiger partial charge in [-0.1, -0.05) is 15.9 Å². The quantitative estimate of drug-likeness (QED) is 0.437. The second kappa shape index (κ2) is 6.86. The third kappa shape index (κ3) is 3.70. The van der Waals surface area contributed by atoms with E-state index in [0.29, 0.717) is 22.4 Å². The molecule has 0 saturated carbocycles. The van der Waals surface area contributed by atoms with Crippen LogP contribution in [0.1, 0.15) is 16.3 Å². The number of rotatable bonds is 6. The molecule has 0 amide bonds. The van der Waals surface area contributed by atoms with Gasteiger partial charge in [-0.2, -0.15) is 0 Å². The zero-order chi connectivity index (χ0) is 15.4. The van der Waals surface area contributed by atoms with Gasteiger partial charge in [0.1, 0.15) is 11.6 Å². The van der Waals surface area contributed by atoms with Crippen LogP contribution in [0.5, 0.6) is 11.5 Å². The fourth-order valence-corrected chi connectivity index (χ4v) is 2.88. The van der Waals surface area contributed by atoms with Gasteiger partial charge in [-0.3, -0.25) is 10.1 Å². The number of nitro groups is 1. The van der Waals surface area contributed by atoms with E-state index in [4.69, 9.17) is 9.47 Å². The van der Waals surface area contributed by atoms with Crippen LogP contribution in [0.3, 0.4) is 0 Å². The topological polar surface area (TPSA) is 74.5 Å². The molecule has 0 atom stereocenters. The minimum absolute atomic E-state index is 0.00186. The number of aryl methyl sites for hydroxylation is 1. The van der Waals surface area contributed by atoms with Crippen LogP contribution >= 0.6 is 27.3 Å². The molecule has 0 aliphatic carbocycles. The lowest BCUT2D eigenvalue weighted by Gasteiger charge is -2.11.